The molecule has 2 aromatic carbocycles. The number of hydrogen-bond donors (Lipinski definition) is 1. The minimum absolute atomic E-state index is 0.0404. The van der Waals surface area contributed by atoms with Gasteiger partial charge < -0.3 is 5.11 Å². The van der Waals surface area contributed by atoms with Gasteiger partial charge in [-0.1, -0.05) is 26.0 Å². The Labute approximate surface area is 150 Å². The van der Waals surface area contributed by atoms with Crippen molar-refractivity contribution in [2.24, 2.45) is 10.4 Å². The zero-order valence-electron chi connectivity index (χ0n) is 13.7. The predicted molar refractivity (Wildman–Crippen MR) is 96.6 cm³/mol. The van der Waals surface area contributed by atoms with Crippen molar-refractivity contribution >= 4 is 37.1 Å². The predicted octanol–water partition coefficient (Wildman–Crippen LogP) is 4.02. The average molecular weight is 378 g/mol. The number of rotatable bonds is 3. The first-order valence-electron chi connectivity index (χ1n) is 7.58. The Kier molecular flexibility index (Phi) is 4.21. The molecule has 0 unspecified atom stereocenters. The smallest absolute Gasteiger partial charge is 0.335 e. The summed E-state index contributed by atoms with van der Waals surface area (Å²) in [6.45, 7) is 4.04. The highest BCUT2D eigenvalue weighted by molar-refractivity contribution is 8.13. The standard InChI is InChI=1S/C18H16ClNO4S/c1-18(2)10-13-9-12(17(21)22)5-8-15(13)20-16(18)11-3-6-14(7-4-11)25(19,23)24/h3-9H,10H2,1-2H3,(H,21,22). The second-order valence-corrected chi connectivity index (χ2v) is 9.20. The third-order valence-electron chi connectivity index (χ3n) is 4.24. The van der Waals surface area contributed by atoms with E-state index in [2.05, 4.69) is 0 Å². The molecule has 0 aromatic heterocycles. The van der Waals surface area contributed by atoms with Crippen molar-refractivity contribution < 1.29 is 18.3 Å². The van der Waals surface area contributed by atoms with Crippen molar-refractivity contribution in [1.29, 1.82) is 0 Å². The molecule has 5 nitrogen and oxygen atoms in total. The molecule has 1 N–H and O–H groups in total. The van der Waals surface area contributed by atoms with Crippen LogP contribution < -0.4 is 0 Å². The van der Waals surface area contributed by atoms with Gasteiger partial charge in [-0.05, 0) is 47.9 Å². The fraction of sp³-hybridized carbons (Fsp3) is 0.222. The number of aromatic carboxylic acids is 1. The Bertz CT molecular complexity index is 992. The lowest BCUT2D eigenvalue weighted by Crippen LogP contribution is -2.30. The minimum atomic E-state index is -3.76. The van der Waals surface area contributed by atoms with Crippen LogP contribution in [0.5, 0.6) is 0 Å². The average Bonchev–Trinajstić information content (AvgIpc) is 2.52. The van der Waals surface area contributed by atoms with Crippen LogP contribution in [-0.2, 0) is 15.5 Å². The summed E-state index contributed by atoms with van der Waals surface area (Å²) in [6.07, 6.45) is 0.637. The van der Waals surface area contributed by atoms with Crippen LogP contribution in [-0.4, -0.2) is 25.2 Å². The number of fused-ring (bicyclic) bond motifs is 1. The van der Waals surface area contributed by atoms with Gasteiger partial charge >= 0.3 is 5.97 Å². The molecule has 0 aliphatic carbocycles. The Morgan fingerprint density at radius 2 is 1.80 bits per heavy atom. The maximum Gasteiger partial charge on any atom is 0.335 e. The van der Waals surface area contributed by atoms with Gasteiger partial charge in [0.1, 0.15) is 0 Å². The summed E-state index contributed by atoms with van der Waals surface area (Å²) in [5.41, 5.74) is 3.15. The molecule has 0 saturated heterocycles. The van der Waals surface area contributed by atoms with Gasteiger partial charge in [-0.3, -0.25) is 4.99 Å². The Hall–Kier alpha value is -2.18. The van der Waals surface area contributed by atoms with Crippen LogP contribution in [0.4, 0.5) is 5.69 Å². The monoisotopic (exact) mass is 377 g/mol. The lowest BCUT2D eigenvalue weighted by atomic mass is 9.76. The van der Waals surface area contributed by atoms with Crippen LogP contribution in [0.1, 0.15) is 35.3 Å². The van der Waals surface area contributed by atoms with E-state index in [4.69, 9.17) is 20.8 Å². The fourth-order valence-electron chi connectivity index (χ4n) is 3.03. The first-order valence-corrected chi connectivity index (χ1v) is 9.89. The van der Waals surface area contributed by atoms with Crippen molar-refractivity contribution in [2.75, 3.05) is 0 Å². The molecule has 0 amide bonds. The van der Waals surface area contributed by atoms with Crippen LogP contribution in [0.2, 0.25) is 0 Å². The van der Waals surface area contributed by atoms with E-state index in [0.717, 1.165) is 22.5 Å². The van der Waals surface area contributed by atoms with Gasteiger partial charge in [0, 0.05) is 16.1 Å². The van der Waals surface area contributed by atoms with Gasteiger partial charge in [-0.2, -0.15) is 0 Å². The maximum absolute atomic E-state index is 11.4. The molecule has 130 valence electrons. The van der Waals surface area contributed by atoms with E-state index in [1.165, 1.54) is 18.2 Å². The van der Waals surface area contributed by atoms with E-state index >= 15 is 0 Å². The van der Waals surface area contributed by atoms with Crippen LogP contribution in [0, 0.1) is 5.41 Å². The normalized spacial score (nSPS) is 16.0. The quantitative estimate of drug-likeness (QED) is 0.819. The number of hydrogen-bond acceptors (Lipinski definition) is 4. The van der Waals surface area contributed by atoms with Crippen LogP contribution in [0.3, 0.4) is 0 Å². The highest BCUT2D eigenvalue weighted by Gasteiger charge is 2.32. The van der Waals surface area contributed by atoms with Crippen molar-refractivity contribution in [1.82, 2.24) is 0 Å². The zero-order chi connectivity index (χ0) is 18.4. The Morgan fingerprint density at radius 1 is 1.16 bits per heavy atom. The van der Waals surface area contributed by atoms with Gasteiger partial charge in [-0.15, -0.1) is 0 Å². The summed E-state index contributed by atoms with van der Waals surface area (Å²) in [5.74, 6) is -0.965. The summed E-state index contributed by atoms with van der Waals surface area (Å²) in [4.78, 5) is 15.9. The molecular weight excluding hydrogens is 362 g/mol. The number of benzene rings is 2. The molecule has 0 atom stereocenters. The van der Waals surface area contributed by atoms with Crippen molar-refractivity contribution in [3.8, 4) is 0 Å². The van der Waals surface area contributed by atoms with E-state index in [1.54, 1.807) is 24.3 Å². The first kappa shape index (κ1) is 17.6. The van der Waals surface area contributed by atoms with Crippen molar-refractivity contribution in [2.45, 2.75) is 25.2 Å². The molecule has 0 saturated carbocycles. The third-order valence-corrected chi connectivity index (χ3v) is 5.61. The molecule has 1 heterocycles. The lowest BCUT2D eigenvalue weighted by molar-refractivity contribution is 0.0696. The molecule has 0 spiro atoms. The Balaban J connectivity index is 2.07. The van der Waals surface area contributed by atoms with E-state index in [-0.39, 0.29) is 15.9 Å². The molecule has 7 heteroatoms. The van der Waals surface area contributed by atoms with Crippen LogP contribution in [0.15, 0.2) is 52.4 Å². The summed E-state index contributed by atoms with van der Waals surface area (Å²) in [5, 5.41) is 9.14. The number of nitrogens with zero attached hydrogens (tertiary/aromatic N) is 1. The van der Waals surface area contributed by atoms with Gasteiger partial charge in [-0.25, -0.2) is 13.2 Å². The second kappa shape index (κ2) is 5.97. The van der Waals surface area contributed by atoms with E-state index in [0.29, 0.717) is 6.42 Å². The van der Waals surface area contributed by atoms with Crippen LogP contribution >= 0.6 is 10.7 Å². The summed E-state index contributed by atoms with van der Waals surface area (Å²) in [6, 6.07) is 11.2. The number of aliphatic imine (C=N–C) groups is 1. The van der Waals surface area contributed by atoms with E-state index in [1.807, 2.05) is 13.8 Å². The number of carboxylic acids is 1. The largest absolute Gasteiger partial charge is 0.478 e. The molecule has 25 heavy (non-hydrogen) atoms. The molecule has 0 fully saturated rings. The second-order valence-electron chi connectivity index (χ2n) is 6.63. The molecule has 1 aliphatic rings. The highest BCUT2D eigenvalue weighted by atomic mass is 35.7. The number of halogens is 1. The topological polar surface area (TPSA) is 83.8 Å². The number of carboxylic acid groups (broad SMARTS) is 1. The van der Waals surface area contributed by atoms with Gasteiger partial charge in [0.15, 0.2) is 0 Å². The van der Waals surface area contributed by atoms with Crippen molar-refractivity contribution in [3.05, 3.63) is 59.2 Å². The van der Waals surface area contributed by atoms with Gasteiger partial charge in [0.25, 0.3) is 9.05 Å². The highest BCUT2D eigenvalue weighted by Crippen LogP contribution is 2.38. The summed E-state index contributed by atoms with van der Waals surface area (Å²) < 4.78 is 22.8. The molecule has 3 rings (SSSR count). The minimum Gasteiger partial charge on any atom is -0.478 e. The SMILES string of the molecule is CC1(C)Cc2cc(C(=O)O)ccc2N=C1c1ccc(S(=O)(=O)Cl)cc1. The first-order chi connectivity index (χ1) is 11.6. The fourth-order valence-corrected chi connectivity index (χ4v) is 3.80. The Morgan fingerprint density at radius 3 is 2.36 bits per heavy atom. The molecule has 1 aliphatic heterocycles. The third kappa shape index (κ3) is 3.45. The molecule has 2 aromatic rings. The summed E-state index contributed by atoms with van der Waals surface area (Å²) in [7, 11) is 1.59. The van der Waals surface area contributed by atoms with Gasteiger partial charge in [0.2, 0.25) is 0 Å². The molecule has 0 bridgehead atoms. The van der Waals surface area contributed by atoms with Crippen LogP contribution in [0.25, 0.3) is 0 Å². The van der Waals surface area contributed by atoms with E-state index in [9.17, 15) is 13.2 Å². The summed E-state index contributed by atoms with van der Waals surface area (Å²) >= 11 is 0. The van der Waals surface area contributed by atoms with Crippen molar-refractivity contribution in [3.63, 3.8) is 0 Å². The number of carbonyl (C=O) groups is 1. The molecule has 0 radical (unpaired) electrons. The van der Waals surface area contributed by atoms with E-state index < -0.39 is 15.0 Å². The maximum atomic E-state index is 11.4. The van der Waals surface area contributed by atoms with Gasteiger partial charge in [0.05, 0.1) is 21.9 Å². The lowest BCUT2D eigenvalue weighted by Gasteiger charge is -2.32. The molecular formula is C18H16ClNO4S. The zero-order valence-corrected chi connectivity index (χ0v) is 15.2.